The van der Waals surface area contributed by atoms with Gasteiger partial charge in [-0.2, -0.15) is 0 Å². The molecular weight excluding hydrogens is 226 g/mol. The molecule has 0 radical (unpaired) electrons. The summed E-state index contributed by atoms with van der Waals surface area (Å²) in [6, 6.07) is 16.7. The van der Waals surface area contributed by atoms with Gasteiger partial charge in [0.25, 0.3) is 5.91 Å². The van der Waals surface area contributed by atoms with Crippen LogP contribution in [0.1, 0.15) is 10.4 Å². The molecule has 0 spiro atoms. The van der Waals surface area contributed by atoms with E-state index >= 15 is 0 Å². The van der Waals surface area contributed by atoms with E-state index in [0.717, 1.165) is 11.4 Å². The molecule has 0 aliphatic carbocycles. The fourth-order valence-corrected chi connectivity index (χ4v) is 1.70. The summed E-state index contributed by atoms with van der Waals surface area (Å²) in [5, 5.41) is 0. The van der Waals surface area contributed by atoms with Gasteiger partial charge >= 0.3 is 0 Å². The summed E-state index contributed by atoms with van der Waals surface area (Å²) in [5.41, 5.74) is 1.51. The Bertz CT molecular complexity index is 520. The van der Waals surface area contributed by atoms with Crippen molar-refractivity contribution in [3.05, 3.63) is 60.2 Å². The molecule has 0 aromatic heterocycles. The number of carbonyl (C=O) groups is 1. The predicted molar refractivity (Wildman–Crippen MR) is 72.2 cm³/mol. The number of hydrogen-bond donors (Lipinski definition) is 0. The first-order valence-electron chi connectivity index (χ1n) is 5.69. The van der Waals surface area contributed by atoms with Gasteiger partial charge in [0.1, 0.15) is 5.75 Å². The maximum Gasteiger partial charge on any atom is 0.258 e. The molecule has 0 heterocycles. The van der Waals surface area contributed by atoms with Gasteiger partial charge in [0.15, 0.2) is 0 Å². The van der Waals surface area contributed by atoms with Crippen LogP contribution in [-0.2, 0) is 0 Å². The second kappa shape index (κ2) is 5.36. The minimum Gasteiger partial charge on any atom is -0.497 e. The van der Waals surface area contributed by atoms with E-state index in [0.29, 0.717) is 5.56 Å². The average molecular weight is 241 g/mol. The van der Waals surface area contributed by atoms with E-state index in [-0.39, 0.29) is 5.91 Å². The van der Waals surface area contributed by atoms with Gasteiger partial charge in [-0.05, 0) is 36.4 Å². The van der Waals surface area contributed by atoms with E-state index in [1.165, 1.54) is 0 Å². The molecule has 2 rings (SSSR count). The summed E-state index contributed by atoms with van der Waals surface area (Å²) in [6.07, 6.45) is 0. The predicted octanol–water partition coefficient (Wildman–Crippen LogP) is 2.97. The van der Waals surface area contributed by atoms with Crippen molar-refractivity contribution in [2.75, 3.05) is 19.1 Å². The van der Waals surface area contributed by atoms with Crippen LogP contribution in [0.5, 0.6) is 5.75 Å². The monoisotopic (exact) mass is 241 g/mol. The Morgan fingerprint density at radius 1 is 1.00 bits per heavy atom. The first-order chi connectivity index (χ1) is 8.72. The van der Waals surface area contributed by atoms with Crippen molar-refractivity contribution in [3.63, 3.8) is 0 Å². The minimum atomic E-state index is -0.0381. The van der Waals surface area contributed by atoms with E-state index in [2.05, 4.69) is 0 Å². The fraction of sp³-hybridized carbons (Fsp3) is 0.133. The standard InChI is InChI=1S/C15H15NO2/c1-16(13-6-4-3-5-7-13)15(17)12-8-10-14(18-2)11-9-12/h3-11H,1-2H3. The lowest BCUT2D eigenvalue weighted by molar-refractivity contribution is 0.0993. The Morgan fingerprint density at radius 2 is 1.61 bits per heavy atom. The van der Waals surface area contributed by atoms with Crippen LogP contribution in [0.2, 0.25) is 0 Å². The van der Waals surface area contributed by atoms with Crippen molar-refractivity contribution in [3.8, 4) is 5.75 Å². The summed E-state index contributed by atoms with van der Waals surface area (Å²) in [5.74, 6) is 0.706. The molecule has 0 unspecified atom stereocenters. The molecule has 3 heteroatoms. The van der Waals surface area contributed by atoms with Gasteiger partial charge in [-0.1, -0.05) is 18.2 Å². The lowest BCUT2D eigenvalue weighted by Gasteiger charge is -2.17. The second-order valence-electron chi connectivity index (χ2n) is 3.93. The number of hydrogen-bond acceptors (Lipinski definition) is 2. The lowest BCUT2D eigenvalue weighted by atomic mass is 10.2. The zero-order chi connectivity index (χ0) is 13.0. The molecule has 2 aromatic carbocycles. The SMILES string of the molecule is COc1ccc(C(=O)N(C)c2ccccc2)cc1. The number of rotatable bonds is 3. The maximum atomic E-state index is 12.2. The Morgan fingerprint density at radius 3 is 2.17 bits per heavy atom. The van der Waals surface area contributed by atoms with Crippen molar-refractivity contribution in [2.45, 2.75) is 0 Å². The smallest absolute Gasteiger partial charge is 0.258 e. The van der Waals surface area contributed by atoms with Gasteiger partial charge in [-0.25, -0.2) is 0 Å². The molecule has 0 saturated heterocycles. The van der Waals surface area contributed by atoms with Crippen molar-refractivity contribution in [1.82, 2.24) is 0 Å². The number of methoxy groups -OCH3 is 1. The molecule has 0 fully saturated rings. The van der Waals surface area contributed by atoms with Crippen LogP contribution in [0.25, 0.3) is 0 Å². The zero-order valence-corrected chi connectivity index (χ0v) is 10.5. The minimum absolute atomic E-state index is 0.0381. The Balaban J connectivity index is 2.20. The molecule has 18 heavy (non-hydrogen) atoms. The van der Waals surface area contributed by atoms with Crippen LogP contribution in [0.15, 0.2) is 54.6 Å². The molecule has 0 bridgehead atoms. The number of anilines is 1. The zero-order valence-electron chi connectivity index (χ0n) is 10.5. The number of ether oxygens (including phenoxy) is 1. The van der Waals surface area contributed by atoms with E-state index in [1.54, 1.807) is 43.3 Å². The van der Waals surface area contributed by atoms with E-state index in [1.807, 2.05) is 30.3 Å². The normalized spacial score (nSPS) is 9.89. The summed E-state index contributed by atoms with van der Waals surface area (Å²) in [6.45, 7) is 0. The fourth-order valence-electron chi connectivity index (χ4n) is 1.70. The summed E-state index contributed by atoms with van der Waals surface area (Å²) < 4.78 is 5.07. The van der Waals surface area contributed by atoms with Gasteiger partial charge < -0.3 is 9.64 Å². The Labute approximate surface area is 107 Å². The third-order valence-corrected chi connectivity index (χ3v) is 2.79. The van der Waals surface area contributed by atoms with Gasteiger partial charge in [-0.15, -0.1) is 0 Å². The van der Waals surface area contributed by atoms with Crippen molar-refractivity contribution < 1.29 is 9.53 Å². The summed E-state index contributed by atoms with van der Waals surface area (Å²) in [4.78, 5) is 13.9. The van der Waals surface area contributed by atoms with Gasteiger partial charge in [0.2, 0.25) is 0 Å². The third kappa shape index (κ3) is 2.51. The van der Waals surface area contributed by atoms with Crippen LogP contribution in [0.3, 0.4) is 0 Å². The van der Waals surface area contributed by atoms with E-state index < -0.39 is 0 Å². The molecular formula is C15H15NO2. The molecule has 92 valence electrons. The van der Waals surface area contributed by atoms with Crippen LogP contribution in [0, 0.1) is 0 Å². The van der Waals surface area contributed by atoms with Crippen LogP contribution < -0.4 is 9.64 Å². The average Bonchev–Trinajstić information content (AvgIpc) is 2.47. The highest BCUT2D eigenvalue weighted by Gasteiger charge is 2.12. The van der Waals surface area contributed by atoms with Crippen LogP contribution in [-0.4, -0.2) is 20.1 Å². The quantitative estimate of drug-likeness (QED) is 0.826. The van der Waals surface area contributed by atoms with Crippen LogP contribution >= 0.6 is 0 Å². The van der Waals surface area contributed by atoms with Crippen molar-refractivity contribution >= 4 is 11.6 Å². The van der Waals surface area contributed by atoms with E-state index in [4.69, 9.17) is 4.74 Å². The second-order valence-corrected chi connectivity index (χ2v) is 3.93. The largest absolute Gasteiger partial charge is 0.497 e. The first kappa shape index (κ1) is 12.2. The summed E-state index contributed by atoms with van der Waals surface area (Å²) in [7, 11) is 3.37. The molecule has 3 nitrogen and oxygen atoms in total. The molecule has 1 amide bonds. The Kier molecular flexibility index (Phi) is 3.63. The molecule has 0 saturated carbocycles. The Hall–Kier alpha value is -2.29. The molecule has 0 aliphatic rings. The number of nitrogens with zero attached hydrogens (tertiary/aromatic N) is 1. The topological polar surface area (TPSA) is 29.5 Å². The highest BCUT2D eigenvalue weighted by molar-refractivity contribution is 6.05. The molecule has 0 N–H and O–H groups in total. The molecule has 2 aromatic rings. The van der Waals surface area contributed by atoms with Crippen LogP contribution in [0.4, 0.5) is 5.69 Å². The summed E-state index contributed by atoms with van der Waals surface area (Å²) >= 11 is 0. The highest BCUT2D eigenvalue weighted by Crippen LogP contribution is 2.17. The number of carbonyl (C=O) groups excluding carboxylic acids is 1. The molecule has 0 atom stereocenters. The van der Waals surface area contributed by atoms with Gasteiger partial charge in [0.05, 0.1) is 7.11 Å². The van der Waals surface area contributed by atoms with Crippen molar-refractivity contribution in [1.29, 1.82) is 0 Å². The molecule has 0 aliphatic heterocycles. The van der Waals surface area contributed by atoms with Gasteiger partial charge in [0, 0.05) is 18.3 Å². The third-order valence-electron chi connectivity index (χ3n) is 2.79. The maximum absolute atomic E-state index is 12.2. The number of para-hydroxylation sites is 1. The number of benzene rings is 2. The van der Waals surface area contributed by atoms with Crippen molar-refractivity contribution in [2.24, 2.45) is 0 Å². The van der Waals surface area contributed by atoms with Gasteiger partial charge in [-0.3, -0.25) is 4.79 Å². The highest BCUT2D eigenvalue weighted by atomic mass is 16.5. The first-order valence-corrected chi connectivity index (χ1v) is 5.69. The lowest BCUT2D eigenvalue weighted by Crippen LogP contribution is -2.25. The number of amides is 1. The van der Waals surface area contributed by atoms with E-state index in [9.17, 15) is 4.79 Å².